The smallest absolute Gasteiger partial charge is 0.247 e. The van der Waals surface area contributed by atoms with E-state index < -0.39 is 10.0 Å². The van der Waals surface area contributed by atoms with Crippen molar-refractivity contribution in [2.45, 2.75) is 24.5 Å². The van der Waals surface area contributed by atoms with E-state index in [2.05, 4.69) is 13.8 Å². The van der Waals surface area contributed by atoms with Crippen molar-refractivity contribution in [2.75, 3.05) is 5.73 Å². The minimum Gasteiger partial charge on any atom is -0.398 e. The SMILES string of the molecule is CC(C)Cc1sc(S(N)(=O)=O)cc1N. The Kier molecular flexibility index (Phi) is 3.18. The van der Waals surface area contributed by atoms with Gasteiger partial charge in [-0.05, 0) is 18.4 Å². The lowest BCUT2D eigenvalue weighted by Gasteiger charge is -2.01. The van der Waals surface area contributed by atoms with Crippen molar-refractivity contribution in [3.05, 3.63) is 10.9 Å². The zero-order chi connectivity index (χ0) is 10.9. The van der Waals surface area contributed by atoms with Gasteiger partial charge in [0.25, 0.3) is 0 Å². The van der Waals surface area contributed by atoms with E-state index >= 15 is 0 Å². The topological polar surface area (TPSA) is 86.2 Å². The molecule has 80 valence electrons. The summed E-state index contributed by atoms with van der Waals surface area (Å²) in [6.45, 7) is 4.10. The summed E-state index contributed by atoms with van der Waals surface area (Å²) in [5.74, 6) is 0.448. The zero-order valence-electron chi connectivity index (χ0n) is 8.15. The van der Waals surface area contributed by atoms with Gasteiger partial charge in [-0.2, -0.15) is 0 Å². The van der Waals surface area contributed by atoms with Crippen LogP contribution in [0.2, 0.25) is 0 Å². The van der Waals surface area contributed by atoms with Gasteiger partial charge in [0.1, 0.15) is 4.21 Å². The average molecular weight is 234 g/mol. The monoisotopic (exact) mass is 234 g/mol. The van der Waals surface area contributed by atoms with Crippen molar-refractivity contribution < 1.29 is 8.42 Å². The molecular formula is C8H14N2O2S2. The third kappa shape index (κ3) is 2.70. The van der Waals surface area contributed by atoms with E-state index in [1.165, 1.54) is 6.07 Å². The minimum atomic E-state index is -3.60. The molecule has 1 rings (SSSR count). The van der Waals surface area contributed by atoms with Gasteiger partial charge in [-0.25, -0.2) is 13.6 Å². The Bertz CT molecular complexity index is 421. The third-order valence-corrected chi connectivity index (χ3v) is 4.29. The van der Waals surface area contributed by atoms with Crippen LogP contribution >= 0.6 is 11.3 Å². The van der Waals surface area contributed by atoms with Gasteiger partial charge in [0.15, 0.2) is 0 Å². The number of anilines is 1. The predicted molar refractivity (Wildman–Crippen MR) is 58.6 cm³/mol. The molecule has 0 bridgehead atoms. The highest BCUT2D eigenvalue weighted by Crippen LogP contribution is 2.29. The van der Waals surface area contributed by atoms with Gasteiger partial charge >= 0.3 is 0 Å². The summed E-state index contributed by atoms with van der Waals surface area (Å²) >= 11 is 1.16. The molecule has 0 amide bonds. The molecule has 0 aliphatic carbocycles. The first-order valence-corrected chi connectivity index (χ1v) is 6.58. The molecule has 0 aliphatic heterocycles. The molecule has 0 aromatic carbocycles. The lowest BCUT2D eigenvalue weighted by atomic mass is 10.1. The Morgan fingerprint density at radius 3 is 2.43 bits per heavy atom. The third-order valence-electron chi connectivity index (χ3n) is 1.69. The molecule has 4 nitrogen and oxygen atoms in total. The van der Waals surface area contributed by atoms with Crippen LogP contribution in [0.25, 0.3) is 0 Å². The van der Waals surface area contributed by atoms with Gasteiger partial charge in [-0.3, -0.25) is 0 Å². The molecule has 0 atom stereocenters. The summed E-state index contributed by atoms with van der Waals surface area (Å²) in [6.07, 6.45) is 0.784. The van der Waals surface area contributed by atoms with Crippen LogP contribution in [0.15, 0.2) is 10.3 Å². The van der Waals surface area contributed by atoms with E-state index in [1.54, 1.807) is 0 Å². The van der Waals surface area contributed by atoms with Gasteiger partial charge in [-0.15, -0.1) is 11.3 Å². The van der Waals surface area contributed by atoms with Gasteiger partial charge < -0.3 is 5.73 Å². The second kappa shape index (κ2) is 3.88. The van der Waals surface area contributed by atoms with Gasteiger partial charge in [0, 0.05) is 10.6 Å². The van der Waals surface area contributed by atoms with Gasteiger partial charge in [-0.1, -0.05) is 13.8 Å². The fraction of sp³-hybridized carbons (Fsp3) is 0.500. The predicted octanol–water partition coefficient (Wildman–Crippen LogP) is 1.18. The second-order valence-corrected chi connectivity index (χ2v) is 6.51. The van der Waals surface area contributed by atoms with Crippen LogP contribution in [0.5, 0.6) is 0 Å². The van der Waals surface area contributed by atoms with Crippen molar-refractivity contribution in [1.29, 1.82) is 0 Å². The van der Waals surface area contributed by atoms with Crippen LogP contribution in [0.4, 0.5) is 5.69 Å². The largest absolute Gasteiger partial charge is 0.398 e. The molecule has 0 radical (unpaired) electrons. The molecule has 0 fully saturated rings. The minimum absolute atomic E-state index is 0.144. The molecule has 14 heavy (non-hydrogen) atoms. The summed E-state index contributed by atoms with van der Waals surface area (Å²) in [5.41, 5.74) is 6.20. The normalized spacial score (nSPS) is 12.3. The highest BCUT2D eigenvalue weighted by atomic mass is 32.2. The maximum atomic E-state index is 11.0. The van der Waals surface area contributed by atoms with Crippen LogP contribution in [-0.2, 0) is 16.4 Å². The maximum absolute atomic E-state index is 11.0. The lowest BCUT2D eigenvalue weighted by Crippen LogP contribution is -2.09. The standard InChI is InChI=1S/C8H14N2O2S2/c1-5(2)3-7-6(9)4-8(13-7)14(10,11)12/h4-5H,3,9H2,1-2H3,(H2,10,11,12). The number of hydrogen-bond acceptors (Lipinski definition) is 4. The van der Waals surface area contributed by atoms with Crippen molar-refractivity contribution in [2.24, 2.45) is 11.1 Å². The number of rotatable bonds is 3. The van der Waals surface area contributed by atoms with E-state index in [-0.39, 0.29) is 4.21 Å². The van der Waals surface area contributed by atoms with E-state index in [0.29, 0.717) is 11.6 Å². The number of nitrogens with two attached hydrogens (primary N) is 2. The molecule has 6 heteroatoms. The van der Waals surface area contributed by atoms with Crippen molar-refractivity contribution >= 4 is 27.0 Å². The van der Waals surface area contributed by atoms with Gasteiger partial charge in [0.2, 0.25) is 10.0 Å². The number of thiophene rings is 1. The molecule has 1 aromatic heterocycles. The van der Waals surface area contributed by atoms with Crippen LogP contribution < -0.4 is 10.9 Å². The average Bonchev–Trinajstić information content (AvgIpc) is 2.30. The number of hydrogen-bond donors (Lipinski definition) is 2. The first-order chi connectivity index (χ1) is 6.30. The van der Waals surface area contributed by atoms with Gasteiger partial charge in [0.05, 0.1) is 0 Å². The van der Waals surface area contributed by atoms with Crippen LogP contribution in [0.1, 0.15) is 18.7 Å². The fourth-order valence-corrected chi connectivity index (χ4v) is 3.17. The molecular weight excluding hydrogens is 220 g/mol. The first-order valence-electron chi connectivity index (χ1n) is 4.21. The Hall–Kier alpha value is -0.590. The molecule has 0 aliphatic rings. The van der Waals surface area contributed by atoms with Crippen molar-refractivity contribution in [3.8, 4) is 0 Å². The van der Waals surface area contributed by atoms with E-state index in [0.717, 1.165) is 22.6 Å². The van der Waals surface area contributed by atoms with E-state index in [9.17, 15) is 8.42 Å². The lowest BCUT2D eigenvalue weighted by molar-refractivity contribution is 0.600. The molecule has 0 saturated carbocycles. The summed E-state index contributed by atoms with van der Waals surface area (Å²) in [7, 11) is -3.60. The molecule has 0 unspecified atom stereocenters. The summed E-state index contributed by atoms with van der Waals surface area (Å²) < 4.78 is 22.2. The molecule has 1 heterocycles. The first kappa shape index (κ1) is 11.5. The number of primary sulfonamides is 1. The number of nitrogen functional groups attached to an aromatic ring is 1. The second-order valence-electron chi connectivity index (χ2n) is 3.59. The van der Waals surface area contributed by atoms with Crippen molar-refractivity contribution in [3.63, 3.8) is 0 Å². The highest BCUT2D eigenvalue weighted by Gasteiger charge is 2.15. The Morgan fingerprint density at radius 2 is 2.07 bits per heavy atom. The summed E-state index contributed by atoms with van der Waals surface area (Å²) in [5, 5.41) is 5.00. The highest BCUT2D eigenvalue weighted by molar-refractivity contribution is 7.91. The molecule has 4 N–H and O–H groups in total. The van der Waals surface area contributed by atoms with Crippen LogP contribution in [0.3, 0.4) is 0 Å². The van der Waals surface area contributed by atoms with E-state index in [4.69, 9.17) is 10.9 Å². The quantitative estimate of drug-likeness (QED) is 0.823. The Labute approximate surface area is 88.0 Å². The van der Waals surface area contributed by atoms with Crippen LogP contribution in [0, 0.1) is 5.92 Å². The molecule has 1 aromatic rings. The maximum Gasteiger partial charge on any atom is 0.247 e. The van der Waals surface area contributed by atoms with Crippen LogP contribution in [-0.4, -0.2) is 8.42 Å². The fourth-order valence-electron chi connectivity index (χ4n) is 1.09. The molecule has 0 saturated heterocycles. The summed E-state index contributed by atoms with van der Waals surface area (Å²) in [4.78, 5) is 0.893. The van der Waals surface area contributed by atoms with E-state index in [1.807, 2.05) is 0 Å². The Balaban J connectivity index is 3.06. The van der Waals surface area contributed by atoms with Crippen molar-refractivity contribution in [1.82, 2.24) is 0 Å². The zero-order valence-corrected chi connectivity index (χ0v) is 9.78. The summed E-state index contributed by atoms with van der Waals surface area (Å²) in [6, 6.07) is 1.43. The number of sulfonamides is 1. The molecule has 0 spiro atoms. The Morgan fingerprint density at radius 1 is 1.50 bits per heavy atom.